The van der Waals surface area contributed by atoms with Crippen LogP contribution < -0.4 is 0 Å². The summed E-state index contributed by atoms with van der Waals surface area (Å²) in [6, 6.07) is 0. The second-order valence-electron chi connectivity index (χ2n) is 4.46. The van der Waals surface area contributed by atoms with Gasteiger partial charge < -0.3 is 0 Å². The predicted molar refractivity (Wildman–Crippen MR) is 81.1 cm³/mol. The van der Waals surface area contributed by atoms with Crippen molar-refractivity contribution in [3.05, 3.63) is 12.7 Å². The molecule has 0 saturated carbocycles. The maximum Gasteiger partial charge on any atom is 0.146 e. The molecule has 17 heavy (non-hydrogen) atoms. The average molecular weight is 272 g/mol. The quantitative estimate of drug-likeness (QED) is 0.484. The van der Waals surface area contributed by atoms with E-state index in [0.717, 1.165) is 31.4 Å². The molecule has 2 atom stereocenters. The first-order valence-corrected chi connectivity index (χ1v) is 8.76. The lowest BCUT2D eigenvalue weighted by Gasteiger charge is -2.28. The zero-order valence-electron chi connectivity index (χ0n) is 10.8. The molecule has 1 saturated heterocycles. The van der Waals surface area contributed by atoms with Crippen molar-refractivity contribution in [2.24, 2.45) is 0 Å². The van der Waals surface area contributed by atoms with Crippen LogP contribution in [0.5, 0.6) is 0 Å². The third-order valence-corrected chi connectivity index (χ3v) is 6.40. The maximum atomic E-state index is 12.1. The van der Waals surface area contributed by atoms with Crippen LogP contribution in [0.25, 0.3) is 0 Å². The van der Waals surface area contributed by atoms with E-state index in [9.17, 15) is 4.79 Å². The van der Waals surface area contributed by atoms with E-state index in [0.29, 0.717) is 11.0 Å². The zero-order valence-corrected chi connectivity index (χ0v) is 12.5. The fourth-order valence-corrected chi connectivity index (χ4v) is 5.18. The van der Waals surface area contributed by atoms with Crippen LogP contribution in [0, 0.1) is 0 Å². The summed E-state index contributed by atoms with van der Waals surface area (Å²) >= 11 is 3.88. The Balaban J connectivity index is 2.23. The first kappa shape index (κ1) is 15.2. The van der Waals surface area contributed by atoms with Crippen LogP contribution in [0.2, 0.25) is 0 Å². The van der Waals surface area contributed by atoms with Crippen LogP contribution in [-0.2, 0) is 4.79 Å². The molecule has 0 aliphatic carbocycles. The third kappa shape index (κ3) is 5.52. The van der Waals surface area contributed by atoms with Gasteiger partial charge in [0.05, 0.1) is 5.25 Å². The van der Waals surface area contributed by atoms with Gasteiger partial charge >= 0.3 is 0 Å². The number of hydrogen-bond donors (Lipinski definition) is 0. The van der Waals surface area contributed by atoms with Crippen LogP contribution >= 0.6 is 23.5 Å². The van der Waals surface area contributed by atoms with E-state index in [-0.39, 0.29) is 5.25 Å². The van der Waals surface area contributed by atoms with Crippen LogP contribution in [0.1, 0.15) is 45.4 Å². The Hall–Kier alpha value is 0.110. The molecule has 0 aromatic carbocycles. The summed E-state index contributed by atoms with van der Waals surface area (Å²) in [6.07, 6.45) is 8.36. The standard InChI is InChI=1S/C14H24OS2/c1-3-5-6-7-8-9-12(15)14-13(4-2)16-10-11-17-14/h3,13-14H,1,4-11H2,2H3. The van der Waals surface area contributed by atoms with Gasteiger partial charge in [0.1, 0.15) is 5.78 Å². The molecule has 0 N–H and O–H groups in total. The number of carbonyl (C=O) groups is 1. The monoisotopic (exact) mass is 272 g/mol. The highest BCUT2D eigenvalue weighted by Gasteiger charge is 2.30. The molecule has 2 unspecified atom stereocenters. The van der Waals surface area contributed by atoms with Crippen molar-refractivity contribution in [3.8, 4) is 0 Å². The number of rotatable bonds is 8. The Kier molecular flexibility index (Phi) is 8.12. The smallest absolute Gasteiger partial charge is 0.146 e. The highest BCUT2D eigenvalue weighted by Crippen LogP contribution is 2.34. The molecule has 1 aliphatic heterocycles. The summed E-state index contributed by atoms with van der Waals surface area (Å²) in [7, 11) is 0. The van der Waals surface area contributed by atoms with Crippen LogP contribution in [0.15, 0.2) is 12.7 Å². The van der Waals surface area contributed by atoms with E-state index in [1.165, 1.54) is 18.6 Å². The lowest BCUT2D eigenvalue weighted by atomic mass is 10.1. The minimum atomic E-state index is 0.276. The summed E-state index contributed by atoms with van der Waals surface area (Å²) in [6.45, 7) is 5.92. The molecule has 1 nitrogen and oxygen atoms in total. The van der Waals surface area contributed by atoms with Gasteiger partial charge in [0.25, 0.3) is 0 Å². The molecular weight excluding hydrogens is 248 g/mol. The fraction of sp³-hybridized carbons (Fsp3) is 0.786. The molecule has 1 fully saturated rings. The molecule has 0 bridgehead atoms. The van der Waals surface area contributed by atoms with E-state index in [4.69, 9.17) is 0 Å². The molecule has 0 aromatic heterocycles. The highest BCUT2D eigenvalue weighted by molar-refractivity contribution is 8.07. The van der Waals surface area contributed by atoms with Gasteiger partial charge in [-0.25, -0.2) is 0 Å². The maximum absolute atomic E-state index is 12.1. The minimum Gasteiger partial charge on any atom is -0.298 e. The molecule has 0 amide bonds. The molecule has 3 heteroatoms. The average Bonchev–Trinajstić information content (AvgIpc) is 2.38. The Morgan fingerprint density at radius 2 is 2.06 bits per heavy atom. The lowest BCUT2D eigenvalue weighted by molar-refractivity contribution is -0.118. The van der Waals surface area contributed by atoms with E-state index in [1.807, 2.05) is 29.6 Å². The summed E-state index contributed by atoms with van der Waals surface area (Å²) in [5, 5.41) is 0.840. The minimum absolute atomic E-state index is 0.276. The highest BCUT2D eigenvalue weighted by atomic mass is 32.2. The number of hydrogen-bond acceptors (Lipinski definition) is 3. The number of unbranched alkanes of at least 4 members (excludes halogenated alkanes) is 3. The van der Waals surface area contributed by atoms with Gasteiger partial charge in [-0.15, -0.1) is 18.3 Å². The number of Topliss-reactive ketones (excluding diaryl/α,β-unsaturated/α-hetero) is 1. The molecule has 0 spiro atoms. The third-order valence-electron chi connectivity index (χ3n) is 3.10. The van der Waals surface area contributed by atoms with Crippen molar-refractivity contribution in [3.63, 3.8) is 0 Å². The van der Waals surface area contributed by atoms with E-state index < -0.39 is 0 Å². The zero-order chi connectivity index (χ0) is 12.5. The van der Waals surface area contributed by atoms with E-state index >= 15 is 0 Å². The summed E-state index contributed by atoms with van der Waals surface area (Å²) < 4.78 is 0. The summed E-state index contributed by atoms with van der Waals surface area (Å²) in [5.41, 5.74) is 0. The molecule has 98 valence electrons. The molecule has 1 heterocycles. The van der Waals surface area contributed by atoms with E-state index in [2.05, 4.69) is 13.5 Å². The second kappa shape index (κ2) is 9.09. The van der Waals surface area contributed by atoms with Gasteiger partial charge in [-0.3, -0.25) is 4.79 Å². The van der Waals surface area contributed by atoms with Crippen molar-refractivity contribution >= 4 is 29.3 Å². The first-order valence-electron chi connectivity index (χ1n) is 6.66. The van der Waals surface area contributed by atoms with E-state index in [1.54, 1.807) is 0 Å². The van der Waals surface area contributed by atoms with Crippen molar-refractivity contribution in [1.82, 2.24) is 0 Å². The van der Waals surface area contributed by atoms with Crippen molar-refractivity contribution in [2.75, 3.05) is 11.5 Å². The SMILES string of the molecule is C=CCCCCCC(=O)C1SCCSC1CC. The normalized spacial score (nSPS) is 24.5. The molecular formula is C14H24OS2. The Labute approximate surface area is 114 Å². The predicted octanol–water partition coefficient (Wildman–Crippen LogP) is 4.32. The molecule has 0 radical (unpaired) electrons. The van der Waals surface area contributed by atoms with Gasteiger partial charge in [0.2, 0.25) is 0 Å². The van der Waals surface area contributed by atoms with Gasteiger partial charge in [-0.1, -0.05) is 19.4 Å². The molecule has 0 aromatic rings. The Bertz CT molecular complexity index is 240. The topological polar surface area (TPSA) is 17.1 Å². The van der Waals surface area contributed by atoms with Crippen molar-refractivity contribution < 1.29 is 4.79 Å². The number of thioether (sulfide) groups is 2. The molecule has 1 rings (SSSR count). The van der Waals surface area contributed by atoms with Gasteiger partial charge in [0.15, 0.2) is 0 Å². The summed E-state index contributed by atoms with van der Waals surface area (Å²) in [4.78, 5) is 12.1. The number of ketones is 1. The lowest BCUT2D eigenvalue weighted by Crippen LogP contribution is -2.32. The van der Waals surface area contributed by atoms with Crippen molar-refractivity contribution in [2.45, 2.75) is 55.9 Å². The Morgan fingerprint density at radius 3 is 2.76 bits per heavy atom. The number of carbonyl (C=O) groups excluding carboxylic acids is 1. The summed E-state index contributed by atoms with van der Waals surface area (Å²) in [5.74, 6) is 2.85. The van der Waals surface area contributed by atoms with Gasteiger partial charge in [-0.2, -0.15) is 11.8 Å². The first-order chi connectivity index (χ1) is 8.29. The number of allylic oxidation sites excluding steroid dienone is 1. The van der Waals surface area contributed by atoms with Crippen LogP contribution in [0.4, 0.5) is 0 Å². The largest absolute Gasteiger partial charge is 0.298 e. The van der Waals surface area contributed by atoms with Gasteiger partial charge in [0, 0.05) is 23.2 Å². The van der Waals surface area contributed by atoms with Crippen LogP contribution in [0.3, 0.4) is 0 Å². The van der Waals surface area contributed by atoms with Crippen LogP contribution in [-0.4, -0.2) is 27.8 Å². The van der Waals surface area contributed by atoms with Crippen molar-refractivity contribution in [1.29, 1.82) is 0 Å². The Morgan fingerprint density at radius 1 is 1.29 bits per heavy atom. The molecule has 1 aliphatic rings. The second-order valence-corrected chi connectivity index (χ2v) is 7.06. The fourth-order valence-electron chi connectivity index (χ4n) is 2.11. The van der Waals surface area contributed by atoms with Gasteiger partial charge in [-0.05, 0) is 25.7 Å².